The first-order chi connectivity index (χ1) is 13.9. The highest BCUT2D eigenvalue weighted by molar-refractivity contribution is 6.09. The lowest BCUT2D eigenvalue weighted by molar-refractivity contribution is -0.140. The lowest BCUT2D eigenvalue weighted by Crippen LogP contribution is -2.54. The van der Waals surface area contributed by atoms with Crippen LogP contribution in [0.25, 0.3) is 0 Å². The fraction of sp³-hybridized carbons (Fsp3) is 0.571. The number of anilines is 1. The van der Waals surface area contributed by atoms with Crippen molar-refractivity contribution >= 4 is 23.5 Å². The third-order valence-electron chi connectivity index (χ3n) is 6.64. The minimum atomic E-state index is -0.826. The van der Waals surface area contributed by atoms with Crippen molar-refractivity contribution in [3.05, 3.63) is 24.3 Å². The van der Waals surface area contributed by atoms with Crippen molar-refractivity contribution in [2.24, 2.45) is 5.92 Å². The Morgan fingerprint density at radius 2 is 1.83 bits per heavy atom. The summed E-state index contributed by atoms with van der Waals surface area (Å²) in [6, 6.07) is 6.55. The lowest BCUT2D eigenvalue weighted by Gasteiger charge is -2.37. The van der Waals surface area contributed by atoms with Crippen molar-refractivity contribution in [1.29, 1.82) is 0 Å². The number of piperazine rings is 1. The Labute approximate surface area is 170 Å². The van der Waals surface area contributed by atoms with Gasteiger partial charge in [0.25, 0.3) is 5.91 Å². The third kappa shape index (κ3) is 3.52. The highest BCUT2D eigenvalue weighted by atomic mass is 16.3. The molecule has 0 bridgehead atoms. The number of hydrogen-bond donors (Lipinski definition) is 2. The van der Waals surface area contributed by atoms with Crippen LogP contribution in [-0.2, 0) is 9.59 Å². The van der Waals surface area contributed by atoms with E-state index in [1.165, 1.54) is 0 Å². The van der Waals surface area contributed by atoms with Crippen LogP contribution in [0.1, 0.15) is 32.6 Å². The molecule has 2 atom stereocenters. The molecule has 1 spiro atoms. The van der Waals surface area contributed by atoms with Crippen molar-refractivity contribution in [2.75, 3.05) is 37.6 Å². The predicted octanol–water partition coefficient (Wildman–Crippen LogP) is 1.54. The first kappa shape index (κ1) is 19.5. The fourth-order valence-electron chi connectivity index (χ4n) is 4.75. The second-order valence-electron chi connectivity index (χ2n) is 8.32. The van der Waals surface area contributed by atoms with E-state index in [9.17, 15) is 19.5 Å². The molecule has 1 saturated carbocycles. The van der Waals surface area contributed by atoms with Gasteiger partial charge in [0.1, 0.15) is 17.8 Å². The lowest BCUT2D eigenvalue weighted by atomic mass is 9.73. The van der Waals surface area contributed by atoms with Gasteiger partial charge in [-0.25, -0.2) is 4.79 Å². The number of aromatic hydroxyl groups is 1. The quantitative estimate of drug-likeness (QED) is 0.751. The van der Waals surface area contributed by atoms with Gasteiger partial charge in [0.05, 0.1) is 0 Å². The average Bonchev–Trinajstić information content (AvgIpc) is 2.96. The van der Waals surface area contributed by atoms with E-state index in [2.05, 4.69) is 10.2 Å². The van der Waals surface area contributed by atoms with Crippen LogP contribution in [0.4, 0.5) is 10.5 Å². The van der Waals surface area contributed by atoms with Crippen LogP contribution in [0.5, 0.6) is 5.75 Å². The molecule has 1 aliphatic carbocycles. The molecule has 8 nitrogen and oxygen atoms in total. The molecule has 4 rings (SSSR count). The van der Waals surface area contributed by atoms with E-state index in [1.807, 2.05) is 19.1 Å². The van der Waals surface area contributed by atoms with Gasteiger partial charge in [-0.05, 0) is 43.0 Å². The number of benzene rings is 1. The van der Waals surface area contributed by atoms with Crippen molar-refractivity contribution in [2.45, 2.75) is 38.1 Å². The maximum atomic E-state index is 13.0. The number of carbonyl (C=O) groups is 3. The number of nitrogens with one attached hydrogen (secondary N) is 1. The monoisotopic (exact) mass is 400 g/mol. The fourth-order valence-corrected chi connectivity index (χ4v) is 4.75. The van der Waals surface area contributed by atoms with Crippen LogP contribution < -0.4 is 10.2 Å². The maximum absolute atomic E-state index is 13.0. The molecule has 2 heterocycles. The Morgan fingerprint density at radius 1 is 1.14 bits per heavy atom. The van der Waals surface area contributed by atoms with E-state index in [-0.39, 0.29) is 30.0 Å². The maximum Gasteiger partial charge on any atom is 0.325 e. The van der Waals surface area contributed by atoms with E-state index in [0.717, 1.165) is 29.8 Å². The first-order valence-electron chi connectivity index (χ1n) is 10.4. The molecule has 1 aromatic carbocycles. The van der Waals surface area contributed by atoms with Gasteiger partial charge >= 0.3 is 6.03 Å². The Morgan fingerprint density at radius 3 is 2.48 bits per heavy atom. The summed E-state index contributed by atoms with van der Waals surface area (Å²) < 4.78 is 0. The Hall–Kier alpha value is -2.77. The summed E-state index contributed by atoms with van der Waals surface area (Å²) in [7, 11) is 0. The summed E-state index contributed by atoms with van der Waals surface area (Å²) in [4.78, 5) is 43.3. The summed E-state index contributed by atoms with van der Waals surface area (Å²) in [5.41, 5.74) is 0.171. The van der Waals surface area contributed by atoms with Gasteiger partial charge in [-0.1, -0.05) is 19.8 Å². The Balaban J connectivity index is 1.36. The summed E-state index contributed by atoms with van der Waals surface area (Å²) in [5.74, 6) is -0.131. The summed E-state index contributed by atoms with van der Waals surface area (Å²) in [5, 5.41) is 12.3. The van der Waals surface area contributed by atoms with Crippen molar-refractivity contribution < 1.29 is 19.5 Å². The number of phenols is 1. The SMILES string of the molecule is CC1CCCCC12NC(=O)N(CC(=O)N1CCN(c3ccc(O)cc3)CC1)C2=O. The smallest absolute Gasteiger partial charge is 0.325 e. The molecule has 29 heavy (non-hydrogen) atoms. The molecule has 156 valence electrons. The highest BCUT2D eigenvalue weighted by Crippen LogP contribution is 2.38. The molecule has 3 aliphatic rings. The van der Waals surface area contributed by atoms with Gasteiger partial charge in [0.2, 0.25) is 5.91 Å². The molecule has 2 N–H and O–H groups in total. The van der Waals surface area contributed by atoms with Crippen LogP contribution in [0.2, 0.25) is 0 Å². The van der Waals surface area contributed by atoms with E-state index in [4.69, 9.17) is 0 Å². The predicted molar refractivity (Wildman–Crippen MR) is 108 cm³/mol. The number of nitrogens with zero attached hydrogens (tertiary/aromatic N) is 3. The number of rotatable bonds is 3. The second kappa shape index (κ2) is 7.57. The number of urea groups is 1. The molecule has 0 aromatic heterocycles. The first-order valence-corrected chi connectivity index (χ1v) is 10.4. The molecule has 2 aliphatic heterocycles. The standard InChI is InChI=1S/C21H28N4O4/c1-15-4-2-3-9-21(15)19(28)25(20(29)22-21)14-18(27)24-12-10-23(11-13-24)16-5-7-17(26)8-6-16/h5-8,15,26H,2-4,9-14H2,1H3,(H,22,29). The number of imide groups is 1. The molecule has 4 amide bonds. The topological polar surface area (TPSA) is 93.2 Å². The molecule has 2 saturated heterocycles. The van der Waals surface area contributed by atoms with Gasteiger partial charge in [-0.2, -0.15) is 0 Å². The largest absolute Gasteiger partial charge is 0.508 e. The van der Waals surface area contributed by atoms with Gasteiger partial charge in [-0.15, -0.1) is 0 Å². The van der Waals surface area contributed by atoms with Crippen molar-refractivity contribution in [1.82, 2.24) is 15.1 Å². The average molecular weight is 400 g/mol. The normalized spacial score (nSPS) is 27.5. The zero-order chi connectivity index (χ0) is 20.6. The number of carbonyl (C=O) groups excluding carboxylic acids is 3. The van der Waals surface area contributed by atoms with Crippen LogP contribution in [0.15, 0.2) is 24.3 Å². The van der Waals surface area contributed by atoms with Crippen molar-refractivity contribution in [3.63, 3.8) is 0 Å². The molecule has 8 heteroatoms. The van der Waals surface area contributed by atoms with Gasteiger partial charge in [-0.3, -0.25) is 14.5 Å². The van der Waals surface area contributed by atoms with Gasteiger partial charge < -0.3 is 20.2 Å². The number of hydrogen-bond acceptors (Lipinski definition) is 5. The molecular weight excluding hydrogens is 372 g/mol. The third-order valence-corrected chi connectivity index (χ3v) is 6.64. The van der Waals surface area contributed by atoms with Crippen molar-refractivity contribution in [3.8, 4) is 5.75 Å². The van der Waals surface area contributed by atoms with Crippen LogP contribution in [0.3, 0.4) is 0 Å². The van der Waals surface area contributed by atoms with Crippen LogP contribution in [0, 0.1) is 5.92 Å². The number of amides is 4. The van der Waals surface area contributed by atoms with E-state index >= 15 is 0 Å². The summed E-state index contributed by atoms with van der Waals surface area (Å²) in [6.07, 6.45) is 3.54. The molecular formula is C21H28N4O4. The zero-order valence-electron chi connectivity index (χ0n) is 16.8. The van der Waals surface area contributed by atoms with Crippen LogP contribution in [-0.4, -0.2) is 71.0 Å². The summed E-state index contributed by atoms with van der Waals surface area (Å²) in [6.45, 7) is 4.20. The Kier molecular flexibility index (Phi) is 5.10. The van der Waals surface area contributed by atoms with Crippen LogP contribution >= 0.6 is 0 Å². The zero-order valence-corrected chi connectivity index (χ0v) is 16.8. The molecule has 3 fully saturated rings. The van der Waals surface area contributed by atoms with E-state index in [1.54, 1.807) is 17.0 Å². The number of phenolic OH excluding ortho intramolecular Hbond substituents is 1. The van der Waals surface area contributed by atoms with E-state index < -0.39 is 11.6 Å². The summed E-state index contributed by atoms with van der Waals surface area (Å²) >= 11 is 0. The highest BCUT2D eigenvalue weighted by Gasteiger charge is 2.55. The molecule has 2 unspecified atom stereocenters. The Bertz CT molecular complexity index is 803. The van der Waals surface area contributed by atoms with Gasteiger partial charge in [0, 0.05) is 31.9 Å². The van der Waals surface area contributed by atoms with E-state index in [0.29, 0.717) is 32.6 Å². The molecule has 0 radical (unpaired) electrons. The minimum absolute atomic E-state index is 0.0849. The minimum Gasteiger partial charge on any atom is -0.508 e. The second-order valence-corrected chi connectivity index (χ2v) is 8.32. The molecule has 1 aromatic rings. The van der Waals surface area contributed by atoms with Gasteiger partial charge in [0.15, 0.2) is 0 Å².